The highest BCUT2D eigenvalue weighted by atomic mass is 35.5. The van der Waals surface area contributed by atoms with Crippen molar-refractivity contribution in [2.45, 2.75) is 0 Å². The highest BCUT2D eigenvalue weighted by Crippen LogP contribution is 2.34. The van der Waals surface area contributed by atoms with E-state index in [1.165, 1.54) is 0 Å². The van der Waals surface area contributed by atoms with Crippen molar-refractivity contribution in [3.63, 3.8) is 0 Å². The van der Waals surface area contributed by atoms with Gasteiger partial charge in [-0.15, -0.1) is 0 Å². The van der Waals surface area contributed by atoms with Gasteiger partial charge in [0, 0.05) is 25.5 Å². The lowest BCUT2D eigenvalue weighted by atomic mass is 10.2. The van der Waals surface area contributed by atoms with Gasteiger partial charge in [0.25, 0.3) is 0 Å². The number of nitrogens with zero attached hydrogens (tertiary/aromatic N) is 2. The van der Waals surface area contributed by atoms with Gasteiger partial charge in [0.2, 0.25) is 5.88 Å². The molecule has 0 N–H and O–H groups in total. The minimum atomic E-state index is 0.450. The molecule has 0 atom stereocenters. The summed E-state index contributed by atoms with van der Waals surface area (Å²) in [5, 5.41) is 2.01. The van der Waals surface area contributed by atoms with Crippen molar-refractivity contribution in [3.05, 3.63) is 58.6 Å². The lowest BCUT2D eigenvalue weighted by Gasteiger charge is -2.17. The van der Waals surface area contributed by atoms with E-state index in [-0.39, 0.29) is 0 Å². The minimum absolute atomic E-state index is 0.450. The van der Waals surface area contributed by atoms with Crippen LogP contribution < -0.4 is 9.64 Å². The normalized spacial score (nSPS) is 10.7. The summed E-state index contributed by atoms with van der Waals surface area (Å²) in [7, 11) is 3.90. The first kappa shape index (κ1) is 14.9. The number of rotatable bonds is 3. The molecule has 0 spiro atoms. The highest BCUT2D eigenvalue weighted by Gasteiger charge is 2.12. The molecule has 22 heavy (non-hydrogen) atoms. The predicted molar refractivity (Wildman–Crippen MR) is 92.6 cm³/mol. The van der Waals surface area contributed by atoms with E-state index < -0.39 is 0 Å². The fourth-order valence-corrected chi connectivity index (χ4v) is 2.42. The van der Waals surface area contributed by atoms with Gasteiger partial charge in [-0.25, -0.2) is 4.98 Å². The molecule has 0 saturated carbocycles. The molecule has 0 amide bonds. The van der Waals surface area contributed by atoms with Gasteiger partial charge >= 0.3 is 0 Å². The van der Waals surface area contributed by atoms with Crippen molar-refractivity contribution in [1.82, 2.24) is 4.98 Å². The van der Waals surface area contributed by atoms with E-state index in [2.05, 4.69) is 11.1 Å². The SMILES string of the molecule is CN(C)c1cc2ccccc2nc1Oc1ccc(Cl)c(Cl)c1. The number of hydrogen-bond acceptors (Lipinski definition) is 3. The number of benzene rings is 2. The zero-order valence-electron chi connectivity index (χ0n) is 12.2. The third-order valence-electron chi connectivity index (χ3n) is 3.26. The summed E-state index contributed by atoms with van der Waals surface area (Å²) in [4.78, 5) is 6.57. The number of halogens is 2. The Morgan fingerprint density at radius 2 is 1.73 bits per heavy atom. The van der Waals surface area contributed by atoms with Gasteiger partial charge in [0.1, 0.15) is 11.4 Å². The second-order valence-electron chi connectivity index (χ2n) is 5.08. The average molecular weight is 333 g/mol. The fraction of sp³-hybridized carbons (Fsp3) is 0.118. The molecule has 0 radical (unpaired) electrons. The van der Waals surface area contributed by atoms with Crippen LogP contribution >= 0.6 is 23.2 Å². The van der Waals surface area contributed by atoms with Crippen molar-refractivity contribution in [2.75, 3.05) is 19.0 Å². The van der Waals surface area contributed by atoms with Gasteiger partial charge in [-0.1, -0.05) is 41.4 Å². The molecule has 0 saturated heterocycles. The second kappa shape index (κ2) is 6.03. The maximum atomic E-state index is 6.03. The number of anilines is 1. The maximum Gasteiger partial charge on any atom is 0.243 e. The first-order valence-corrected chi connectivity index (χ1v) is 7.50. The topological polar surface area (TPSA) is 25.4 Å². The maximum absolute atomic E-state index is 6.03. The van der Waals surface area contributed by atoms with Crippen molar-refractivity contribution >= 4 is 39.8 Å². The lowest BCUT2D eigenvalue weighted by Crippen LogP contribution is -2.10. The van der Waals surface area contributed by atoms with Crippen LogP contribution in [0.25, 0.3) is 10.9 Å². The van der Waals surface area contributed by atoms with E-state index in [1.54, 1.807) is 18.2 Å². The van der Waals surface area contributed by atoms with Crippen LogP contribution in [0.1, 0.15) is 0 Å². The Hall–Kier alpha value is -1.97. The van der Waals surface area contributed by atoms with Crippen LogP contribution in [0.15, 0.2) is 48.5 Å². The van der Waals surface area contributed by atoms with E-state index in [9.17, 15) is 0 Å². The smallest absolute Gasteiger partial charge is 0.243 e. The molecule has 1 heterocycles. The fourth-order valence-electron chi connectivity index (χ4n) is 2.13. The van der Waals surface area contributed by atoms with Crippen molar-refractivity contribution in [3.8, 4) is 11.6 Å². The molecule has 1 aromatic heterocycles. The number of ether oxygens (including phenoxy) is 1. The number of para-hydroxylation sites is 1. The van der Waals surface area contributed by atoms with Gasteiger partial charge in [0.15, 0.2) is 0 Å². The number of hydrogen-bond donors (Lipinski definition) is 0. The van der Waals surface area contributed by atoms with Crippen LogP contribution in [0, 0.1) is 0 Å². The zero-order chi connectivity index (χ0) is 15.7. The molecule has 3 nitrogen and oxygen atoms in total. The van der Waals surface area contributed by atoms with E-state index in [1.807, 2.05) is 43.3 Å². The molecule has 3 rings (SSSR count). The van der Waals surface area contributed by atoms with Crippen molar-refractivity contribution < 1.29 is 4.74 Å². The summed E-state index contributed by atoms with van der Waals surface area (Å²) in [6.45, 7) is 0. The summed E-state index contributed by atoms with van der Waals surface area (Å²) in [6, 6.07) is 15.1. The number of aromatic nitrogens is 1. The molecule has 0 aliphatic rings. The Kier molecular flexibility index (Phi) is 4.10. The summed E-state index contributed by atoms with van der Waals surface area (Å²) >= 11 is 12.0. The highest BCUT2D eigenvalue weighted by molar-refractivity contribution is 6.42. The third kappa shape index (κ3) is 2.96. The summed E-state index contributed by atoms with van der Waals surface area (Å²) in [5.41, 5.74) is 1.77. The Morgan fingerprint density at radius 3 is 2.45 bits per heavy atom. The monoisotopic (exact) mass is 332 g/mol. The van der Waals surface area contributed by atoms with Gasteiger partial charge in [-0.3, -0.25) is 0 Å². The summed E-state index contributed by atoms with van der Waals surface area (Å²) in [6.07, 6.45) is 0. The summed E-state index contributed by atoms with van der Waals surface area (Å²) in [5.74, 6) is 1.13. The molecule has 0 fully saturated rings. The quantitative estimate of drug-likeness (QED) is 0.642. The minimum Gasteiger partial charge on any atom is -0.437 e. The van der Waals surface area contributed by atoms with Gasteiger partial charge in [-0.05, 0) is 24.3 Å². The molecule has 0 unspecified atom stereocenters. The standard InChI is InChI=1S/C17H14Cl2N2O/c1-21(2)16-9-11-5-3-4-6-15(11)20-17(16)22-12-7-8-13(18)14(19)10-12/h3-10H,1-2H3. The number of pyridine rings is 1. The molecule has 2 aromatic carbocycles. The Labute approximate surface area is 139 Å². The molecule has 3 aromatic rings. The number of fused-ring (bicyclic) bond motifs is 1. The van der Waals surface area contributed by atoms with Crippen molar-refractivity contribution in [1.29, 1.82) is 0 Å². The van der Waals surface area contributed by atoms with Gasteiger partial charge in [0.05, 0.1) is 15.6 Å². The van der Waals surface area contributed by atoms with Gasteiger partial charge in [-0.2, -0.15) is 0 Å². The molecule has 5 heteroatoms. The Bertz CT molecular complexity index is 834. The van der Waals surface area contributed by atoms with E-state index in [0.717, 1.165) is 16.6 Å². The molecule has 0 aliphatic heterocycles. The summed E-state index contributed by atoms with van der Waals surface area (Å²) < 4.78 is 5.92. The Morgan fingerprint density at radius 1 is 0.955 bits per heavy atom. The van der Waals surface area contributed by atoms with Crippen LogP contribution in [0.2, 0.25) is 10.0 Å². The largest absolute Gasteiger partial charge is 0.437 e. The molecular weight excluding hydrogens is 319 g/mol. The van der Waals surface area contributed by atoms with Crippen LogP contribution in [0.4, 0.5) is 5.69 Å². The molecule has 0 aliphatic carbocycles. The van der Waals surface area contributed by atoms with Gasteiger partial charge < -0.3 is 9.64 Å². The van der Waals surface area contributed by atoms with Crippen LogP contribution in [-0.2, 0) is 0 Å². The lowest BCUT2D eigenvalue weighted by molar-refractivity contribution is 0.465. The first-order chi connectivity index (χ1) is 10.5. The van der Waals surface area contributed by atoms with Crippen LogP contribution in [0.3, 0.4) is 0 Å². The van der Waals surface area contributed by atoms with Crippen LogP contribution in [0.5, 0.6) is 11.6 Å². The average Bonchev–Trinajstić information content (AvgIpc) is 2.50. The van der Waals surface area contributed by atoms with E-state index in [4.69, 9.17) is 27.9 Å². The van der Waals surface area contributed by atoms with E-state index >= 15 is 0 Å². The molecule has 0 bridgehead atoms. The molecule has 112 valence electrons. The van der Waals surface area contributed by atoms with Crippen LogP contribution in [-0.4, -0.2) is 19.1 Å². The Balaban J connectivity index is 2.07. The van der Waals surface area contributed by atoms with Crippen molar-refractivity contribution in [2.24, 2.45) is 0 Å². The second-order valence-corrected chi connectivity index (χ2v) is 5.89. The first-order valence-electron chi connectivity index (χ1n) is 6.74. The molecular formula is C17H14Cl2N2O. The third-order valence-corrected chi connectivity index (χ3v) is 4.00. The zero-order valence-corrected chi connectivity index (χ0v) is 13.7. The predicted octanol–water partition coefficient (Wildman–Crippen LogP) is 5.40. The van der Waals surface area contributed by atoms with E-state index in [0.29, 0.717) is 21.7 Å².